The Labute approximate surface area is 158 Å². The third-order valence-corrected chi connectivity index (χ3v) is 4.79. The van der Waals surface area contributed by atoms with Crippen LogP contribution in [0, 0.1) is 5.92 Å². The second-order valence-electron chi connectivity index (χ2n) is 6.86. The highest BCUT2D eigenvalue weighted by Crippen LogP contribution is 2.22. The molecule has 0 aromatic rings. The fourth-order valence-electron chi connectivity index (χ4n) is 3.28. The molecule has 0 aromatic carbocycles. The van der Waals surface area contributed by atoms with Gasteiger partial charge < -0.3 is 15.1 Å². The van der Waals surface area contributed by atoms with Crippen molar-refractivity contribution in [1.29, 1.82) is 0 Å². The van der Waals surface area contributed by atoms with E-state index in [9.17, 15) is 4.79 Å². The molecule has 134 valence electrons. The summed E-state index contributed by atoms with van der Waals surface area (Å²) >= 11 is 0. The van der Waals surface area contributed by atoms with E-state index in [4.69, 9.17) is 0 Å². The molecule has 2 aliphatic rings. The van der Waals surface area contributed by atoms with Gasteiger partial charge in [-0.15, -0.1) is 24.0 Å². The first-order chi connectivity index (χ1) is 10.7. The van der Waals surface area contributed by atoms with Gasteiger partial charge in [-0.2, -0.15) is 0 Å². The largest absolute Gasteiger partial charge is 0.356 e. The first-order valence-corrected chi connectivity index (χ1v) is 8.90. The van der Waals surface area contributed by atoms with Crippen LogP contribution in [-0.4, -0.2) is 61.9 Å². The predicted molar refractivity (Wildman–Crippen MR) is 106 cm³/mol. The Morgan fingerprint density at radius 3 is 2.30 bits per heavy atom. The van der Waals surface area contributed by atoms with Gasteiger partial charge in [0, 0.05) is 33.7 Å². The number of likely N-dealkylation sites (N-methyl/N-ethyl adjacent to an activating group) is 1. The highest BCUT2D eigenvalue weighted by Gasteiger charge is 2.18. The lowest BCUT2D eigenvalue weighted by atomic mass is 9.89. The number of carbonyl (C=O) groups is 1. The summed E-state index contributed by atoms with van der Waals surface area (Å²) in [4.78, 5) is 20.3. The molecule has 0 spiro atoms. The van der Waals surface area contributed by atoms with Crippen LogP contribution in [0.3, 0.4) is 0 Å². The van der Waals surface area contributed by atoms with Crippen molar-refractivity contribution in [3.8, 4) is 0 Å². The lowest BCUT2D eigenvalue weighted by Crippen LogP contribution is -2.46. The van der Waals surface area contributed by atoms with Crippen LogP contribution in [-0.2, 0) is 4.79 Å². The standard InChI is InChI=1S/C17H32N4O.HI/c1-20(2)16(22)14-19-17(21-11-7-4-8-12-21)18-13-15-9-5-3-6-10-15;/h15H,3-14H2,1-2H3,(H,18,19);1H. The second-order valence-corrected chi connectivity index (χ2v) is 6.86. The lowest BCUT2D eigenvalue weighted by Gasteiger charge is -2.32. The topological polar surface area (TPSA) is 47.9 Å². The number of hydrogen-bond acceptors (Lipinski definition) is 2. The van der Waals surface area contributed by atoms with Crippen LogP contribution >= 0.6 is 24.0 Å². The zero-order valence-corrected chi connectivity index (χ0v) is 17.1. The number of nitrogens with zero attached hydrogens (tertiary/aromatic N) is 3. The van der Waals surface area contributed by atoms with Gasteiger partial charge in [-0.25, -0.2) is 4.99 Å². The number of halogens is 1. The van der Waals surface area contributed by atoms with Gasteiger partial charge in [0.1, 0.15) is 6.54 Å². The Morgan fingerprint density at radius 2 is 1.70 bits per heavy atom. The van der Waals surface area contributed by atoms with Crippen LogP contribution < -0.4 is 5.32 Å². The van der Waals surface area contributed by atoms with Crippen molar-refractivity contribution in [2.45, 2.75) is 51.4 Å². The zero-order valence-electron chi connectivity index (χ0n) is 14.7. The number of nitrogens with one attached hydrogen (secondary N) is 1. The number of carbonyl (C=O) groups excluding carboxylic acids is 1. The summed E-state index contributed by atoms with van der Waals surface area (Å²) in [7, 11) is 3.57. The average Bonchev–Trinajstić information content (AvgIpc) is 2.56. The number of piperidine rings is 1. The van der Waals surface area contributed by atoms with Crippen LogP contribution in [0.4, 0.5) is 0 Å². The summed E-state index contributed by atoms with van der Waals surface area (Å²) in [6, 6.07) is 0. The molecule has 5 nitrogen and oxygen atoms in total. The van der Waals surface area contributed by atoms with Gasteiger partial charge in [0.2, 0.25) is 5.91 Å². The van der Waals surface area contributed by atoms with Crippen molar-refractivity contribution in [2.75, 3.05) is 40.3 Å². The molecule has 1 aliphatic heterocycles. The normalized spacial score (nSPS) is 19.9. The molecule has 1 saturated heterocycles. The third kappa shape index (κ3) is 7.27. The molecule has 1 heterocycles. The quantitative estimate of drug-likeness (QED) is 0.419. The second kappa shape index (κ2) is 11.1. The number of guanidine groups is 1. The predicted octanol–water partition coefficient (Wildman–Crippen LogP) is 2.70. The number of aliphatic imine (C=N–C) groups is 1. The van der Waals surface area contributed by atoms with E-state index in [0.29, 0.717) is 0 Å². The van der Waals surface area contributed by atoms with Gasteiger partial charge in [-0.3, -0.25) is 4.79 Å². The van der Waals surface area contributed by atoms with Gasteiger partial charge in [0.05, 0.1) is 0 Å². The molecular formula is C17H33IN4O. The van der Waals surface area contributed by atoms with Gasteiger partial charge in [-0.1, -0.05) is 19.3 Å². The van der Waals surface area contributed by atoms with E-state index < -0.39 is 0 Å². The Hall–Kier alpha value is -0.530. The van der Waals surface area contributed by atoms with E-state index in [-0.39, 0.29) is 36.4 Å². The maximum Gasteiger partial charge on any atom is 0.243 e. The van der Waals surface area contributed by atoms with Crippen molar-refractivity contribution in [1.82, 2.24) is 15.1 Å². The van der Waals surface area contributed by atoms with E-state index in [1.165, 1.54) is 51.4 Å². The van der Waals surface area contributed by atoms with Crippen LogP contribution in [0.15, 0.2) is 4.99 Å². The SMILES string of the molecule is CN(C)C(=O)CN=C(NCC1CCCCC1)N1CCCCC1.I. The molecule has 23 heavy (non-hydrogen) atoms. The molecule has 1 amide bonds. The first kappa shape index (κ1) is 20.5. The van der Waals surface area contributed by atoms with Crippen molar-refractivity contribution in [3.63, 3.8) is 0 Å². The van der Waals surface area contributed by atoms with E-state index in [1.807, 2.05) is 0 Å². The van der Waals surface area contributed by atoms with Gasteiger partial charge in [0.25, 0.3) is 0 Å². The minimum absolute atomic E-state index is 0. The lowest BCUT2D eigenvalue weighted by molar-refractivity contribution is -0.127. The zero-order chi connectivity index (χ0) is 15.8. The van der Waals surface area contributed by atoms with E-state index in [0.717, 1.165) is 31.5 Å². The first-order valence-electron chi connectivity index (χ1n) is 8.90. The summed E-state index contributed by atoms with van der Waals surface area (Å²) < 4.78 is 0. The smallest absolute Gasteiger partial charge is 0.243 e. The monoisotopic (exact) mass is 436 g/mol. The number of likely N-dealkylation sites (tertiary alicyclic amines) is 1. The maximum absolute atomic E-state index is 11.8. The van der Waals surface area contributed by atoms with Crippen molar-refractivity contribution >= 4 is 35.8 Å². The average molecular weight is 436 g/mol. The minimum atomic E-state index is 0. The summed E-state index contributed by atoms with van der Waals surface area (Å²) in [5, 5.41) is 3.56. The van der Waals surface area contributed by atoms with E-state index in [2.05, 4.69) is 15.2 Å². The highest BCUT2D eigenvalue weighted by molar-refractivity contribution is 14.0. The van der Waals surface area contributed by atoms with E-state index in [1.54, 1.807) is 19.0 Å². The van der Waals surface area contributed by atoms with Crippen molar-refractivity contribution in [3.05, 3.63) is 0 Å². The Bertz CT molecular complexity index is 375. The Balaban J connectivity index is 0.00000264. The van der Waals surface area contributed by atoms with Crippen molar-refractivity contribution < 1.29 is 4.79 Å². The van der Waals surface area contributed by atoms with Crippen LogP contribution in [0.5, 0.6) is 0 Å². The van der Waals surface area contributed by atoms with Gasteiger partial charge in [-0.05, 0) is 38.0 Å². The Kier molecular flexibility index (Phi) is 9.90. The Morgan fingerprint density at radius 1 is 1.09 bits per heavy atom. The maximum atomic E-state index is 11.8. The number of rotatable bonds is 4. The molecule has 2 fully saturated rings. The number of amides is 1. The summed E-state index contributed by atoms with van der Waals surface area (Å²) in [5.41, 5.74) is 0. The molecule has 1 aliphatic carbocycles. The molecule has 0 bridgehead atoms. The van der Waals surface area contributed by atoms with Crippen LogP contribution in [0.2, 0.25) is 0 Å². The highest BCUT2D eigenvalue weighted by atomic mass is 127. The van der Waals surface area contributed by atoms with Crippen molar-refractivity contribution in [2.24, 2.45) is 10.9 Å². The molecule has 0 unspecified atom stereocenters. The molecule has 0 atom stereocenters. The molecule has 0 aromatic heterocycles. The van der Waals surface area contributed by atoms with E-state index >= 15 is 0 Å². The molecule has 1 saturated carbocycles. The molecule has 0 radical (unpaired) electrons. The molecule has 6 heteroatoms. The fourth-order valence-corrected chi connectivity index (χ4v) is 3.28. The molecular weight excluding hydrogens is 403 g/mol. The summed E-state index contributed by atoms with van der Waals surface area (Å²) in [5.74, 6) is 1.78. The van der Waals surface area contributed by atoms with Crippen LogP contribution in [0.25, 0.3) is 0 Å². The minimum Gasteiger partial charge on any atom is -0.356 e. The fraction of sp³-hybridized carbons (Fsp3) is 0.882. The number of hydrogen-bond donors (Lipinski definition) is 1. The summed E-state index contributed by atoms with van der Waals surface area (Å²) in [6.07, 6.45) is 10.5. The third-order valence-electron chi connectivity index (χ3n) is 4.79. The molecule has 1 N–H and O–H groups in total. The molecule has 2 rings (SSSR count). The van der Waals surface area contributed by atoms with Gasteiger partial charge >= 0.3 is 0 Å². The van der Waals surface area contributed by atoms with Crippen LogP contribution in [0.1, 0.15) is 51.4 Å². The summed E-state index contributed by atoms with van der Waals surface area (Å²) in [6.45, 7) is 3.38. The van der Waals surface area contributed by atoms with Gasteiger partial charge in [0.15, 0.2) is 5.96 Å².